The fourth-order valence-corrected chi connectivity index (χ4v) is 1.63. The second-order valence-corrected chi connectivity index (χ2v) is 3.16. The lowest BCUT2D eigenvalue weighted by Gasteiger charge is -2.11. The Kier molecular flexibility index (Phi) is 1.68. The van der Waals surface area contributed by atoms with Crippen molar-refractivity contribution < 1.29 is 0 Å². The molecule has 1 aliphatic carbocycles. The molecule has 0 aliphatic heterocycles. The molecular weight excluding hydrogens is 148 g/mol. The van der Waals surface area contributed by atoms with Crippen molar-refractivity contribution in [1.29, 1.82) is 0 Å². The van der Waals surface area contributed by atoms with E-state index < -0.39 is 0 Å². The molecule has 0 aromatic carbocycles. The van der Waals surface area contributed by atoms with Crippen LogP contribution in [0.3, 0.4) is 0 Å². The number of nitrogens with zero attached hydrogens (tertiary/aromatic N) is 2. The molecule has 0 amide bonds. The SMILES string of the molecule is Cc1nc(C)c2c(n1)C=CCC2. The fraction of sp³-hybridized carbons (Fsp3) is 0.400. The molecule has 1 heterocycles. The van der Waals surface area contributed by atoms with Gasteiger partial charge in [0.25, 0.3) is 0 Å². The molecule has 12 heavy (non-hydrogen) atoms. The first-order valence-electron chi connectivity index (χ1n) is 4.28. The highest BCUT2D eigenvalue weighted by molar-refractivity contribution is 5.53. The molecule has 0 N–H and O–H groups in total. The molecule has 1 aliphatic rings. The highest BCUT2D eigenvalue weighted by atomic mass is 14.9. The largest absolute Gasteiger partial charge is 0.238 e. The van der Waals surface area contributed by atoms with Gasteiger partial charge in [0.1, 0.15) is 5.82 Å². The number of allylic oxidation sites excluding steroid dienone is 1. The number of hydrogen-bond acceptors (Lipinski definition) is 2. The molecule has 0 atom stereocenters. The summed E-state index contributed by atoms with van der Waals surface area (Å²) in [7, 11) is 0. The quantitative estimate of drug-likeness (QED) is 0.580. The van der Waals surface area contributed by atoms with Gasteiger partial charge in [-0.3, -0.25) is 0 Å². The smallest absolute Gasteiger partial charge is 0.126 e. The molecule has 0 fully saturated rings. The second-order valence-electron chi connectivity index (χ2n) is 3.16. The van der Waals surface area contributed by atoms with Crippen molar-refractivity contribution in [3.05, 3.63) is 28.9 Å². The van der Waals surface area contributed by atoms with Crippen molar-refractivity contribution in [2.24, 2.45) is 0 Å². The van der Waals surface area contributed by atoms with Gasteiger partial charge in [0, 0.05) is 5.69 Å². The van der Waals surface area contributed by atoms with Gasteiger partial charge in [-0.05, 0) is 38.3 Å². The van der Waals surface area contributed by atoms with E-state index in [1.165, 1.54) is 5.56 Å². The normalized spacial score (nSPS) is 14.5. The summed E-state index contributed by atoms with van der Waals surface area (Å²) in [6, 6.07) is 0. The van der Waals surface area contributed by atoms with E-state index in [0.29, 0.717) is 0 Å². The van der Waals surface area contributed by atoms with Crippen molar-refractivity contribution in [2.75, 3.05) is 0 Å². The predicted molar refractivity (Wildman–Crippen MR) is 48.9 cm³/mol. The van der Waals surface area contributed by atoms with Crippen LogP contribution in [-0.2, 0) is 6.42 Å². The van der Waals surface area contributed by atoms with E-state index in [0.717, 1.165) is 30.1 Å². The molecule has 2 heteroatoms. The van der Waals surface area contributed by atoms with Gasteiger partial charge in [-0.25, -0.2) is 9.97 Å². The summed E-state index contributed by atoms with van der Waals surface area (Å²) in [4.78, 5) is 8.72. The zero-order valence-electron chi connectivity index (χ0n) is 7.46. The summed E-state index contributed by atoms with van der Waals surface area (Å²) in [6.07, 6.45) is 6.49. The molecule has 0 saturated heterocycles. The van der Waals surface area contributed by atoms with Crippen molar-refractivity contribution in [3.63, 3.8) is 0 Å². The minimum absolute atomic E-state index is 0.873. The number of aryl methyl sites for hydroxylation is 2. The van der Waals surface area contributed by atoms with E-state index in [-0.39, 0.29) is 0 Å². The van der Waals surface area contributed by atoms with Crippen LogP contribution in [0.5, 0.6) is 0 Å². The molecule has 0 bridgehead atoms. The van der Waals surface area contributed by atoms with Gasteiger partial charge in [-0.2, -0.15) is 0 Å². The topological polar surface area (TPSA) is 25.8 Å². The highest BCUT2D eigenvalue weighted by Crippen LogP contribution is 2.19. The van der Waals surface area contributed by atoms with Gasteiger partial charge in [0.2, 0.25) is 0 Å². The Morgan fingerprint density at radius 2 is 2.08 bits per heavy atom. The fourth-order valence-electron chi connectivity index (χ4n) is 1.63. The van der Waals surface area contributed by atoms with Crippen LogP contribution in [0.25, 0.3) is 6.08 Å². The summed E-state index contributed by atoms with van der Waals surface area (Å²) < 4.78 is 0. The lowest BCUT2D eigenvalue weighted by atomic mass is 10.0. The van der Waals surface area contributed by atoms with Crippen molar-refractivity contribution in [3.8, 4) is 0 Å². The first-order valence-corrected chi connectivity index (χ1v) is 4.28. The molecule has 1 aromatic rings. The highest BCUT2D eigenvalue weighted by Gasteiger charge is 2.09. The van der Waals surface area contributed by atoms with Gasteiger partial charge >= 0.3 is 0 Å². The van der Waals surface area contributed by atoms with Crippen molar-refractivity contribution in [2.45, 2.75) is 26.7 Å². The van der Waals surface area contributed by atoms with Crippen LogP contribution < -0.4 is 0 Å². The summed E-state index contributed by atoms with van der Waals surface area (Å²) in [5.74, 6) is 0.873. The van der Waals surface area contributed by atoms with Crippen LogP contribution in [0.1, 0.15) is 29.2 Å². The van der Waals surface area contributed by atoms with Crippen LogP contribution in [0.2, 0.25) is 0 Å². The first kappa shape index (κ1) is 7.47. The van der Waals surface area contributed by atoms with E-state index in [1.807, 2.05) is 6.92 Å². The summed E-state index contributed by atoms with van der Waals surface area (Å²) in [6.45, 7) is 4.00. The third kappa shape index (κ3) is 1.13. The summed E-state index contributed by atoms with van der Waals surface area (Å²) in [5.41, 5.74) is 3.58. The maximum atomic E-state index is 4.38. The molecule has 1 aromatic heterocycles. The molecule has 0 unspecified atom stereocenters. The van der Waals surface area contributed by atoms with Crippen LogP contribution in [0.15, 0.2) is 6.08 Å². The molecule has 2 rings (SSSR count). The van der Waals surface area contributed by atoms with Crippen molar-refractivity contribution in [1.82, 2.24) is 9.97 Å². The van der Waals surface area contributed by atoms with Crippen molar-refractivity contribution >= 4 is 6.08 Å². The monoisotopic (exact) mass is 160 g/mol. The van der Waals surface area contributed by atoms with Crippen LogP contribution in [-0.4, -0.2) is 9.97 Å². The van der Waals surface area contributed by atoms with Crippen LogP contribution in [0.4, 0.5) is 0 Å². The molecule has 62 valence electrons. The zero-order valence-corrected chi connectivity index (χ0v) is 7.46. The molecule has 0 saturated carbocycles. The van der Waals surface area contributed by atoms with Gasteiger partial charge in [-0.15, -0.1) is 0 Å². The predicted octanol–water partition coefficient (Wildman–Crippen LogP) is 2.05. The molecular formula is C10H12N2. The van der Waals surface area contributed by atoms with Gasteiger partial charge in [0.15, 0.2) is 0 Å². The van der Waals surface area contributed by atoms with E-state index in [9.17, 15) is 0 Å². The molecule has 2 nitrogen and oxygen atoms in total. The third-order valence-corrected chi connectivity index (χ3v) is 2.19. The lowest BCUT2D eigenvalue weighted by molar-refractivity contribution is 0.887. The Balaban J connectivity index is 2.62. The van der Waals surface area contributed by atoms with Crippen LogP contribution in [0, 0.1) is 13.8 Å². The number of hydrogen-bond donors (Lipinski definition) is 0. The number of aromatic nitrogens is 2. The minimum Gasteiger partial charge on any atom is -0.238 e. The second kappa shape index (κ2) is 2.70. The van der Waals surface area contributed by atoms with Gasteiger partial charge in [-0.1, -0.05) is 6.08 Å². The Hall–Kier alpha value is -1.18. The Labute approximate surface area is 72.4 Å². The number of rotatable bonds is 0. The van der Waals surface area contributed by atoms with Crippen LogP contribution >= 0.6 is 0 Å². The standard InChI is InChI=1S/C10H12N2/c1-7-9-5-3-4-6-10(9)12-8(2)11-7/h4,6H,3,5H2,1-2H3. The third-order valence-electron chi connectivity index (χ3n) is 2.19. The Morgan fingerprint density at radius 1 is 1.25 bits per heavy atom. The van der Waals surface area contributed by atoms with E-state index in [2.05, 4.69) is 29.0 Å². The summed E-state index contributed by atoms with van der Waals surface area (Å²) >= 11 is 0. The zero-order chi connectivity index (χ0) is 8.55. The van der Waals surface area contributed by atoms with E-state index in [1.54, 1.807) is 0 Å². The minimum atomic E-state index is 0.873. The van der Waals surface area contributed by atoms with Gasteiger partial charge < -0.3 is 0 Å². The summed E-state index contributed by atoms with van der Waals surface area (Å²) in [5, 5.41) is 0. The Morgan fingerprint density at radius 3 is 2.92 bits per heavy atom. The maximum absolute atomic E-state index is 4.38. The molecule has 0 spiro atoms. The maximum Gasteiger partial charge on any atom is 0.126 e. The average Bonchev–Trinajstić information content (AvgIpc) is 2.04. The average molecular weight is 160 g/mol. The first-order chi connectivity index (χ1) is 5.77. The van der Waals surface area contributed by atoms with E-state index >= 15 is 0 Å². The lowest BCUT2D eigenvalue weighted by Crippen LogP contribution is -2.04. The number of fused-ring (bicyclic) bond motifs is 1. The molecule has 0 radical (unpaired) electrons. The van der Waals surface area contributed by atoms with E-state index in [4.69, 9.17) is 0 Å². The Bertz CT molecular complexity index is 340. The van der Waals surface area contributed by atoms with Gasteiger partial charge in [0.05, 0.1) is 5.69 Å².